The lowest BCUT2D eigenvalue weighted by atomic mass is 9.90. The SMILES string of the molecule is C[C@H]1CCc2sc(C(=O)N(C)C3CCS(=O)(=O)CC3)cc2C1. The fourth-order valence-electron chi connectivity index (χ4n) is 3.42. The summed E-state index contributed by atoms with van der Waals surface area (Å²) in [5.74, 6) is 1.16. The molecule has 1 saturated heterocycles. The number of rotatable bonds is 2. The Bertz CT molecular complexity index is 664. The lowest BCUT2D eigenvalue weighted by Crippen LogP contribution is -2.42. The summed E-state index contributed by atoms with van der Waals surface area (Å²) in [5, 5.41) is 0. The zero-order valence-electron chi connectivity index (χ0n) is 13.2. The highest BCUT2D eigenvalue weighted by Gasteiger charge is 2.30. The summed E-state index contributed by atoms with van der Waals surface area (Å²) >= 11 is 1.63. The molecule has 6 heteroatoms. The molecule has 0 saturated carbocycles. The Morgan fingerprint density at radius 3 is 2.64 bits per heavy atom. The molecule has 1 aromatic heterocycles. The van der Waals surface area contributed by atoms with Gasteiger partial charge in [-0.05, 0) is 49.7 Å². The van der Waals surface area contributed by atoms with Gasteiger partial charge in [-0.2, -0.15) is 0 Å². The summed E-state index contributed by atoms with van der Waals surface area (Å²) in [6, 6.07) is 2.11. The van der Waals surface area contributed by atoms with Crippen LogP contribution in [0.1, 0.15) is 46.3 Å². The molecule has 0 N–H and O–H groups in total. The maximum atomic E-state index is 12.7. The lowest BCUT2D eigenvalue weighted by molar-refractivity contribution is 0.0726. The second kappa shape index (κ2) is 5.96. The first-order valence-corrected chi connectivity index (χ1v) is 10.6. The number of aryl methyl sites for hydroxylation is 1. The number of fused-ring (bicyclic) bond motifs is 1. The first kappa shape index (κ1) is 16.0. The highest BCUT2D eigenvalue weighted by Crippen LogP contribution is 2.33. The van der Waals surface area contributed by atoms with Gasteiger partial charge in [0.2, 0.25) is 0 Å². The van der Waals surface area contributed by atoms with Gasteiger partial charge in [0.05, 0.1) is 16.4 Å². The molecule has 0 aromatic carbocycles. The van der Waals surface area contributed by atoms with Gasteiger partial charge in [0.1, 0.15) is 9.84 Å². The van der Waals surface area contributed by atoms with E-state index >= 15 is 0 Å². The van der Waals surface area contributed by atoms with Crippen molar-refractivity contribution in [1.29, 1.82) is 0 Å². The standard InChI is InChI=1S/C16H23NO3S2/c1-11-3-4-14-12(9-11)10-15(21-14)16(18)17(2)13-5-7-22(19,20)8-6-13/h10-11,13H,3-9H2,1-2H3/t11-/m0/s1. The van der Waals surface area contributed by atoms with Crippen LogP contribution >= 0.6 is 11.3 Å². The first-order valence-electron chi connectivity index (χ1n) is 7.95. The molecular formula is C16H23NO3S2. The Hall–Kier alpha value is -0.880. The van der Waals surface area contributed by atoms with E-state index in [-0.39, 0.29) is 23.5 Å². The Morgan fingerprint density at radius 1 is 1.27 bits per heavy atom. The van der Waals surface area contributed by atoms with Crippen molar-refractivity contribution in [2.45, 2.75) is 45.1 Å². The number of thiophene rings is 1. The van der Waals surface area contributed by atoms with E-state index in [0.29, 0.717) is 18.8 Å². The van der Waals surface area contributed by atoms with Gasteiger partial charge >= 0.3 is 0 Å². The number of nitrogens with zero attached hydrogens (tertiary/aromatic N) is 1. The number of hydrogen-bond acceptors (Lipinski definition) is 4. The van der Waals surface area contributed by atoms with Gasteiger partial charge in [-0.25, -0.2) is 8.42 Å². The van der Waals surface area contributed by atoms with Crippen LogP contribution < -0.4 is 0 Å². The zero-order chi connectivity index (χ0) is 15.9. The fourth-order valence-corrected chi connectivity index (χ4v) is 6.07. The third-order valence-corrected chi connectivity index (χ3v) is 7.87. The largest absolute Gasteiger partial charge is 0.338 e. The molecule has 2 aliphatic rings. The van der Waals surface area contributed by atoms with E-state index in [1.54, 1.807) is 16.2 Å². The van der Waals surface area contributed by atoms with Crippen molar-refractivity contribution in [2.75, 3.05) is 18.6 Å². The monoisotopic (exact) mass is 341 g/mol. The Kier molecular flexibility index (Phi) is 4.34. The molecule has 3 rings (SSSR count). The minimum Gasteiger partial charge on any atom is -0.338 e. The number of carbonyl (C=O) groups excluding carboxylic acids is 1. The van der Waals surface area contributed by atoms with Gasteiger partial charge in [0, 0.05) is 18.0 Å². The summed E-state index contributed by atoms with van der Waals surface area (Å²) in [7, 11) is -1.07. The molecule has 1 fully saturated rings. The van der Waals surface area contributed by atoms with Crippen LogP contribution in [0.25, 0.3) is 0 Å². The number of carbonyl (C=O) groups is 1. The fraction of sp³-hybridized carbons (Fsp3) is 0.688. The maximum Gasteiger partial charge on any atom is 0.263 e. The number of hydrogen-bond donors (Lipinski definition) is 0. The van der Waals surface area contributed by atoms with Crippen molar-refractivity contribution in [3.63, 3.8) is 0 Å². The topological polar surface area (TPSA) is 54.5 Å². The molecule has 1 atom stereocenters. The van der Waals surface area contributed by atoms with Crippen LogP contribution in [0.2, 0.25) is 0 Å². The van der Waals surface area contributed by atoms with Crippen LogP contribution in [0.4, 0.5) is 0 Å². The van der Waals surface area contributed by atoms with Crippen LogP contribution in [0, 0.1) is 5.92 Å². The Balaban J connectivity index is 1.71. The molecular weight excluding hydrogens is 318 g/mol. The predicted molar refractivity (Wildman–Crippen MR) is 89.3 cm³/mol. The second-order valence-electron chi connectivity index (χ2n) is 6.71. The van der Waals surface area contributed by atoms with E-state index in [4.69, 9.17) is 0 Å². The zero-order valence-corrected chi connectivity index (χ0v) is 14.8. The second-order valence-corrected chi connectivity index (χ2v) is 10.1. The Morgan fingerprint density at radius 2 is 1.95 bits per heavy atom. The number of sulfone groups is 1. The summed E-state index contributed by atoms with van der Waals surface area (Å²) in [5.41, 5.74) is 1.34. The first-order chi connectivity index (χ1) is 10.4. The normalized spacial score (nSPS) is 24.7. The molecule has 1 aromatic rings. The third-order valence-electron chi connectivity index (χ3n) is 4.93. The maximum absolute atomic E-state index is 12.7. The summed E-state index contributed by atoms with van der Waals surface area (Å²) in [6.45, 7) is 2.26. The highest BCUT2D eigenvalue weighted by atomic mass is 32.2. The molecule has 2 heterocycles. The molecule has 0 bridgehead atoms. The van der Waals surface area contributed by atoms with Crippen molar-refractivity contribution in [2.24, 2.45) is 5.92 Å². The van der Waals surface area contributed by atoms with E-state index in [2.05, 4.69) is 13.0 Å². The van der Waals surface area contributed by atoms with Crippen molar-refractivity contribution >= 4 is 27.1 Å². The molecule has 1 aliphatic carbocycles. The highest BCUT2D eigenvalue weighted by molar-refractivity contribution is 7.91. The molecule has 1 amide bonds. The molecule has 0 spiro atoms. The third kappa shape index (κ3) is 3.23. The van der Waals surface area contributed by atoms with Gasteiger partial charge < -0.3 is 4.90 Å². The van der Waals surface area contributed by atoms with Crippen LogP contribution in [0.3, 0.4) is 0 Å². The van der Waals surface area contributed by atoms with Gasteiger partial charge in [0.15, 0.2) is 0 Å². The van der Waals surface area contributed by atoms with Gasteiger partial charge in [0.25, 0.3) is 5.91 Å². The lowest BCUT2D eigenvalue weighted by Gasteiger charge is -2.30. The number of amides is 1. The van der Waals surface area contributed by atoms with Crippen LogP contribution in [0.15, 0.2) is 6.07 Å². The van der Waals surface area contributed by atoms with Gasteiger partial charge in [-0.15, -0.1) is 11.3 Å². The average Bonchev–Trinajstić information content (AvgIpc) is 2.88. The minimum atomic E-state index is -2.88. The van der Waals surface area contributed by atoms with Crippen molar-refractivity contribution < 1.29 is 13.2 Å². The minimum absolute atomic E-state index is 0.0501. The molecule has 22 heavy (non-hydrogen) atoms. The predicted octanol–water partition coefficient (Wildman–Crippen LogP) is 2.52. The summed E-state index contributed by atoms with van der Waals surface area (Å²) in [6.07, 6.45) is 4.49. The molecule has 122 valence electrons. The Labute approximate surface area is 136 Å². The molecule has 1 aliphatic heterocycles. The molecule has 0 unspecified atom stereocenters. The molecule has 0 radical (unpaired) electrons. The summed E-state index contributed by atoms with van der Waals surface area (Å²) < 4.78 is 23.0. The van der Waals surface area contributed by atoms with Crippen LogP contribution in [-0.2, 0) is 22.7 Å². The van der Waals surface area contributed by atoms with Crippen LogP contribution in [0.5, 0.6) is 0 Å². The van der Waals surface area contributed by atoms with Crippen molar-refractivity contribution in [3.05, 3.63) is 21.4 Å². The van der Waals surface area contributed by atoms with E-state index < -0.39 is 9.84 Å². The van der Waals surface area contributed by atoms with Crippen molar-refractivity contribution in [1.82, 2.24) is 4.90 Å². The molecule has 4 nitrogen and oxygen atoms in total. The van der Waals surface area contributed by atoms with E-state index in [9.17, 15) is 13.2 Å². The van der Waals surface area contributed by atoms with Gasteiger partial charge in [-0.1, -0.05) is 6.92 Å². The van der Waals surface area contributed by atoms with E-state index in [1.807, 2.05) is 7.05 Å². The smallest absolute Gasteiger partial charge is 0.263 e. The van der Waals surface area contributed by atoms with E-state index in [1.165, 1.54) is 16.9 Å². The van der Waals surface area contributed by atoms with E-state index in [0.717, 1.165) is 17.7 Å². The van der Waals surface area contributed by atoms with Crippen molar-refractivity contribution in [3.8, 4) is 0 Å². The quantitative estimate of drug-likeness (QED) is 0.830. The average molecular weight is 341 g/mol. The van der Waals surface area contributed by atoms with Crippen LogP contribution in [-0.4, -0.2) is 43.8 Å². The summed E-state index contributed by atoms with van der Waals surface area (Å²) in [4.78, 5) is 16.6. The van der Waals surface area contributed by atoms with Gasteiger partial charge in [-0.3, -0.25) is 4.79 Å².